The maximum Gasteiger partial charge on any atom is 0.255 e. The first kappa shape index (κ1) is 13.4. The van der Waals surface area contributed by atoms with Crippen molar-refractivity contribution in [2.45, 2.75) is 19.4 Å². The van der Waals surface area contributed by atoms with E-state index in [-0.39, 0.29) is 12.5 Å². The minimum Gasteiger partial charge on any atom is -0.389 e. The molecular weight excluding hydrogens is 220 g/mol. The number of amides is 1. The Morgan fingerprint density at radius 3 is 2.65 bits per heavy atom. The van der Waals surface area contributed by atoms with Gasteiger partial charge in [-0.2, -0.15) is 0 Å². The molecule has 0 aromatic carbocycles. The molecule has 1 amide bonds. The third-order valence-corrected chi connectivity index (χ3v) is 2.13. The van der Waals surface area contributed by atoms with Gasteiger partial charge in [0.2, 0.25) is 0 Å². The van der Waals surface area contributed by atoms with Gasteiger partial charge in [-0.15, -0.1) is 0 Å². The van der Waals surface area contributed by atoms with Crippen LogP contribution < -0.4 is 11.3 Å². The zero-order valence-electron chi connectivity index (χ0n) is 10.3. The number of hydrogen-bond donors (Lipinski definition) is 3. The molecule has 0 bridgehead atoms. The maximum atomic E-state index is 11.9. The molecule has 94 valence electrons. The molecule has 0 aliphatic rings. The highest BCUT2D eigenvalue weighted by Crippen LogP contribution is 2.09. The van der Waals surface area contributed by atoms with E-state index in [9.17, 15) is 9.90 Å². The van der Waals surface area contributed by atoms with Crippen LogP contribution >= 0.6 is 0 Å². The summed E-state index contributed by atoms with van der Waals surface area (Å²) in [6.07, 6.45) is 1.44. The van der Waals surface area contributed by atoms with E-state index in [2.05, 4.69) is 10.4 Å². The van der Waals surface area contributed by atoms with Crippen molar-refractivity contribution in [2.75, 3.05) is 19.0 Å². The standard InChI is InChI=1S/C11H18N4O2/c1-11(2,17)7-15(3)10(16)8-4-5-9(14-12)13-6-8/h4-6,17H,7,12H2,1-3H3,(H,13,14). The highest BCUT2D eigenvalue weighted by molar-refractivity contribution is 5.93. The van der Waals surface area contributed by atoms with Crippen LogP contribution in [0.3, 0.4) is 0 Å². The van der Waals surface area contributed by atoms with E-state index in [1.807, 2.05) is 0 Å². The Morgan fingerprint density at radius 1 is 1.59 bits per heavy atom. The number of carbonyl (C=O) groups excluding carboxylic acids is 1. The Kier molecular flexibility index (Phi) is 4.03. The summed E-state index contributed by atoms with van der Waals surface area (Å²) in [6.45, 7) is 3.55. The van der Waals surface area contributed by atoms with Gasteiger partial charge in [0.1, 0.15) is 5.82 Å². The smallest absolute Gasteiger partial charge is 0.255 e. The molecule has 0 unspecified atom stereocenters. The summed E-state index contributed by atoms with van der Waals surface area (Å²) in [6, 6.07) is 3.25. The van der Waals surface area contributed by atoms with Gasteiger partial charge in [0.05, 0.1) is 11.2 Å². The van der Waals surface area contributed by atoms with Crippen molar-refractivity contribution in [3.8, 4) is 0 Å². The van der Waals surface area contributed by atoms with Crippen LogP contribution in [0.15, 0.2) is 18.3 Å². The summed E-state index contributed by atoms with van der Waals surface area (Å²) in [4.78, 5) is 17.3. The first-order valence-electron chi connectivity index (χ1n) is 5.24. The lowest BCUT2D eigenvalue weighted by atomic mass is 10.1. The van der Waals surface area contributed by atoms with Crippen LogP contribution in [0.25, 0.3) is 0 Å². The van der Waals surface area contributed by atoms with Crippen LogP contribution in [0.4, 0.5) is 5.82 Å². The minimum atomic E-state index is -0.920. The number of pyridine rings is 1. The third kappa shape index (κ3) is 4.01. The predicted octanol–water partition coefficient (Wildman–Crippen LogP) is 0.210. The van der Waals surface area contributed by atoms with Crippen LogP contribution in [0.1, 0.15) is 24.2 Å². The second-order valence-corrected chi connectivity index (χ2v) is 4.55. The summed E-state index contributed by atoms with van der Waals surface area (Å²) in [5.41, 5.74) is 1.92. The average molecular weight is 238 g/mol. The molecule has 6 nitrogen and oxygen atoms in total. The molecule has 1 rings (SSSR count). The SMILES string of the molecule is CN(CC(C)(C)O)C(=O)c1ccc(NN)nc1. The van der Waals surface area contributed by atoms with Crippen LogP contribution in [0.5, 0.6) is 0 Å². The molecule has 0 aliphatic heterocycles. The molecule has 0 saturated carbocycles. The van der Waals surface area contributed by atoms with E-state index >= 15 is 0 Å². The number of hydrogen-bond acceptors (Lipinski definition) is 5. The zero-order valence-corrected chi connectivity index (χ0v) is 10.3. The van der Waals surface area contributed by atoms with Crippen molar-refractivity contribution in [1.29, 1.82) is 0 Å². The first-order chi connectivity index (χ1) is 7.83. The molecule has 17 heavy (non-hydrogen) atoms. The fraction of sp³-hybridized carbons (Fsp3) is 0.455. The topological polar surface area (TPSA) is 91.5 Å². The molecule has 0 aliphatic carbocycles. The summed E-state index contributed by atoms with van der Waals surface area (Å²) in [5, 5.41) is 9.63. The van der Waals surface area contributed by atoms with Crippen molar-refractivity contribution in [2.24, 2.45) is 5.84 Å². The number of hydrazine groups is 1. The third-order valence-electron chi connectivity index (χ3n) is 2.13. The molecule has 1 heterocycles. The lowest BCUT2D eigenvalue weighted by Gasteiger charge is -2.25. The van der Waals surface area contributed by atoms with Crippen LogP contribution in [-0.4, -0.2) is 40.1 Å². The fourth-order valence-corrected chi connectivity index (χ4v) is 1.48. The number of aromatic nitrogens is 1. The Bertz CT molecular complexity index is 383. The molecule has 0 fully saturated rings. The van der Waals surface area contributed by atoms with Crippen molar-refractivity contribution in [1.82, 2.24) is 9.88 Å². The summed E-state index contributed by atoms with van der Waals surface area (Å²) < 4.78 is 0. The Balaban J connectivity index is 2.75. The van der Waals surface area contributed by atoms with Gasteiger partial charge in [-0.05, 0) is 26.0 Å². The number of carbonyl (C=O) groups is 1. The highest BCUT2D eigenvalue weighted by Gasteiger charge is 2.20. The number of nitrogens with zero attached hydrogens (tertiary/aromatic N) is 2. The average Bonchev–Trinajstić information content (AvgIpc) is 2.26. The van der Waals surface area contributed by atoms with Gasteiger partial charge in [-0.1, -0.05) is 0 Å². The lowest BCUT2D eigenvalue weighted by Crippen LogP contribution is -2.39. The Labute approximate surface area is 100 Å². The van der Waals surface area contributed by atoms with E-state index in [0.29, 0.717) is 11.4 Å². The molecule has 0 atom stereocenters. The molecule has 0 radical (unpaired) electrons. The predicted molar refractivity (Wildman–Crippen MR) is 65.3 cm³/mol. The Morgan fingerprint density at radius 2 is 2.24 bits per heavy atom. The van der Waals surface area contributed by atoms with Gasteiger partial charge in [-0.3, -0.25) is 4.79 Å². The van der Waals surface area contributed by atoms with Crippen molar-refractivity contribution < 1.29 is 9.90 Å². The lowest BCUT2D eigenvalue weighted by molar-refractivity contribution is 0.0367. The second-order valence-electron chi connectivity index (χ2n) is 4.55. The monoisotopic (exact) mass is 238 g/mol. The van der Waals surface area contributed by atoms with E-state index in [4.69, 9.17) is 5.84 Å². The first-order valence-corrected chi connectivity index (χ1v) is 5.24. The summed E-state index contributed by atoms with van der Waals surface area (Å²) in [7, 11) is 1.63. The number of aliphatic hydroxyl groups is 1. The van der Waals surface area contributed by atoms with Gasteiger partial charge < -0.3 is 15.4 Å². The number of likely N-dealkylation sites (N-methyl/N-ethyl adjacent to an activating group) is 1. The number of nitrogen functional groups attached to an aromatic ring is 1. The van der Waals surface area contributed by atoms with Crippen LogP contribution in [0.2, 0.25) is 0 Å². The van der Waals surface area contributed by atoms with Gasteiger partial charge >= 0.3 is 0 Å². The highest BCUT2D eigenvalue weighted by atomic mass is 16.3. The minimum absolute atomic E-state index is 0.191. The number of rotatable bonds is 4. The maximum absolute atomic E-state index is 11.9. The second kappa shape index (κ2) is 5.11. The van der Waals surface area contributed by atoms with E-state index < -0.39 is 5.60 Å². The largest absolute Gasteiger partial charge is 0.389 e. The zero-order chi connectivity index (χ0) is 13.1. The van der Waals surface area contributed by atoms with Crippen molar-refractivity contribution in [3.05, 3.63) is 23.9 Å². The van der Waals surface area contributed by atoms with Crippen molar-refractivity contribution >= 4 is 11.7 Å². The molecule has 0 saturated heterocycles. The van der Waals surface area contributed by atoms with Crippen molar-refractivity contribution in [3.63, 3.8) is 0 Å². The molecule has 4 N–H and O–H groups in total. The molecule has 0 spiro atoms. The number of nitrogens with one attached hydrogen (secondary N) is 1. The van der Waals surface area contributed by atoms with E-state index in [1.165, 1.54) is 11.1 Å². The summed E-state index contributed by atoms with van der Waals surface area (Å²) >= 11 is 0. The number of nitrogens with two attached hydrogens (primary N) is 1. The molecule has 1 aromatic rings. The molecule has 6 heteroatoms. The van der Waals surface area contributed by atoms with Gasteiger partial charge in [-0.25, -0.2) is 10.8 Å². The molecule has 1 aromatic heterocycles. The fourth-order valence-electron chi connectivity index (χ4n) is 1.48. The van der Waals surface area contributed by atoms with Gasteiger partial charge in [0, 0.05) is 19.8 Å². The molecular formula is C11H18N4O2. The van der Waals surface area contributed by atoms with Gasteiger partial charge in [0.15, 0.2) is 0 Å². The summed E-state index contributed by atoms with van der Waals surface area (Å²) in [5.74, 6) is 5.48. The van der Waals surface area contributed by atoms with Gasteiger partial charge in [0.25, 0.3) is 5.91 Å². The Hall–Kier alpha value is -1.66. The normalized spacial score (nSPS) is 11.1. The van der Waals surface area contributed by atoms with Crippen LogP contribution in [0, 0.1) is 0 Å². The number of anilines is 1. The quantitative estimate of drug-likeness (QED) is 0.515. The van der Waals surface area contributed by atoms with E-state index in [0.717, 1.165) is 0 Å². The van der Waals surface area contributed by atoms with E-state index in [1.54, 1.807) is 33.0 Å². The van der Waals surface area contributed by atoms with Crippen LogP contribution in [-0.2, 0) is 0 Å².